The van der Waals surface area contributed by atoms with E-state index in [9.17, 15) is 27.9 Å². The zero-order valence-corrected chi connectivity index (χ0v) is 17.0. The molecule has 3 heterocycles. The summed E-state index contributed by atoms with van der Waals surface area (Å²) < 4.78 is 41.8. The van der Waals surface area contributed by atoms with Crippen LogP contribution in [0, 0.1) is 6.92 Å². The number of alkyl halides is 3. The van der Waals surface area contributed by atoms with Crippen LogP contribution in [0.3, 0.4) is 0 Å². The summed E-state index contributed by atoms with van der Waals surface area (Å²) in [6.07, 6.45) is -2.95. The Morgan fingerprint density at radius 2 is 2.06 bits per heavy atom. The fourth-order valence-electron chi connectivity index (χ4n) is 3.19. The first-order valence-electron chi connectivity index (χ1n) is 9.42. The van der Waals surface area contributed by atoms with E-state index in [4.69, 9.17) is 4.74 Å². The van der Waals surface area contributed by atoms with Crippen LogP contribution in [-0.4, -0.2) is 50.7 Å². The molecule has 8 nitrogen and oxygen atoms in total. The Bertz CT molecular complexity index is 1010. The molecule has 0 aromatic carbocycles. The number of aliphatic hydroxyl groups excluding tert-OH is 1. The third-order valence-electron chi connectivity index (χ3n) is 4.87. The Hall–Kier alpha value is -3.21. The number of nitrogens with one attached hydrogen (secondary N) is 1. The van der Waals surface area contributed by atoms with Crippen LogP contribution in [0.4, 0.5) is 19.0 Å². The largest absolute Gasteiger partial charge is 0.468 e. The molecule has 11 heteroatoms. The molecule has 0 saturated carbocycles. The number of ether oxygens (including phenoxy) is 1. The van der Waals surface area contributed by atoms with E-state index in [0.29, 0.717) is 22.3 Å². The van der Waals surface area contributed by atoms with Crippen LogP contribution in [0.15, 0.2) is 24.5 Å². The van der Waals surface area contributed by atoms with Crippen LogP contribution >= 0.6 is 0 Å². The Morgan fingerprint density at radius 1 is 1.35 bits per heavy atom. The number of carbonyl (C=O) groups is 2. The van der Waals surface area contributed by atoms with Gasteiger partial charge in [-0.05, 0) is 38.5 Å². The molecule has 3 rings (SSSR count). The van der Waals surface area contributed by atoms with E-state index in [2.05, 4.69) is 15.3 Å². The van der Waals surface area contributed by atoms with E-state index in [1.54, 1.807) is 26.0 Å². The molecule has 2 aromatic heterocycles. The minimum Gasteiger partial charge on any atom is -0.468 e. The second-order valence-electron chi connectivity index (χ2n) is 7.25. The van der Waals surface area contributed by atoms with Crippen molar-refractivity contribution in [2.24, 2.45) is 0 Å². The lowest BCUT2D eigenvalue weighted by Crippen LogP contribution is -2.28. The number of amides is 2. The van der Waals surface area contributed by atoms with Gasteiger partial charge in [-0.15, -0.1) is 0 Å². The zero-order valence-electron chi connectivity index (χ0n) is 17.0. The number of nitrogens with zero attached hydrogens (tertiary/aromatic N) is 3. The van der Waals surface area contributed by atoms with Crippen molar-refractivity contribution in [3.8, 4) is 5.88 Å². The highest BCUT2D eigenvalue weighted by Gasteiger charge is 2.34. The Balaban J connectivity index is 1.80. The fourth-order valence-corrected chi connectivity index (χ4v) is 3.19. The molecule has 2 amide bonds. The van der Waals surface area contributed by atoms with Gasteiger partial charge in [0.2, 0.25) is 5.88 Å². The highest BCUT2D eigenvalue weighted by Crippen LogP contribution is 2.34. The second kappa shape index (κ2) is 8.50. The minimum atomic E-state index is -4.47. The molecule has 166 valence electrons. The van der Waals surface area contributed by atoms with Crippen molar-refractivity contribution in [3.63, 3.8) is 0 Å². The van der Waals surface area contributed by atoms with Gasteiger partial charge in [0.1, 0.15) is 11.9 Å². The van der Waals surface area contributed by atoms with E-state index in [1.807, 2.05) is 0 Å². The molecular formula is C20H21F3N4O4. The van der Waals surface area contributed by atoms with Crippen molar-refractivity contribution in [3.05, 3.63) is 46.8 Å². The number of carbonyl (C=O) groups excluding carboxylic acids is 2. The lowest BCUT2D eigenvalue weighted by atomic mass is 10.1. The SMILES string of the molecule is Cc1cc(C(C)N2Cc3c(ccnc3NC(=O)C(C)O)C2=O)cnc1OCC(F)(F)F. The molecule has 0 radical (unpaired) electrons. The summed E-state index contributed by atoms with van der Waals surface area (Å²) in [5.74, 6) is -0.866. The predicted octanol–water partition coefficient (Wildman–Crippen LogP) is 2.76. The number of aliphatic hydroxyl groups is 1. The van der Waals surface area contributed by atoms with Gasteiger partial charge < -0.3 is 20.1 Å². The summed E-state index contributed by atoms with van der Waals surface area (Å²) in [6.45, 7) is 3.37. The average molecular weight is 438 g/mol. The standard InChI is InChI=1S/C20H21F3N4O4/c1-10-6-13(7-25-18(10)31-9-20(21,22)23)11(2)27-8-15-14(19(27)30)4-5-24-16(15)26-17(29)12(3)28/h4-7,11-12,28H,8-9H2,1-3H3,(H,24,26,29). The van der Waals surface area contributed by atoms with Crippen molar-refractivity contribution < 1.29 is 32.6 Å². The molecule has 31 heavy (non-hydrogen) atoms. The van der Waals surface area contributed by atoms with Gasteiger partial charge in [0, 0.05) is 29.1 Å². The molecule has 0 spiro atoms. The van der Waals surface area contributed by atoms with Crippen molar-refractivity contribution >= 4 is 17.6 Å². The van der Waals surface area contributed by atoms with E-state index < -0.39 is 30.8 Å². The first-order valence-corrected chi connectivity index (χ1v) is 9.42. The topological polar surface area (TPSA) is 105 Å². The third-order valence-corrected chi connectivity index (χ3v) is 4.87. The van der Waals surface area contributed by atoms with Gasteiger partial charge in [-0.25, -0.2) is 9.97 Å². The molecular weight excluding hydrogens is 417 g/mol. The van der Waals surface area contributed by atoms with Crippen LogP contribution in [0.5, 0.6) is 5.88 Å². The molecule has 2 aromatic rings. The molecule has 2 unspecified atom stereocenters. The highest BCUT2D eigenvalue weighted by molar-refractivity contribution is 6.02. The Morgan fingerprint density at radius 3 is 2.68 bits per heavy atom. The van der Waals surface area contributed by atoms with E-state index in [-0.39, 0.29) is 24.1 Å². The molecule has 0 aliphatic carbocycles. The van der Waals surface area contributed by atoms with Gasteiger partial charge >= 0.3 is 6.18 Å². The lowest BCUT2D eigenvalue weighted by Gasteiger charge is -2.25. The van der Waals surface area contributed by atoms with E-state index in [0.717, 1.165) is 0 Å². The lowest BCUT2D eigenvalue weighted by molar-refractivity contribution is -0.154. The number of aryl methyl sites for hydroxylation is 1. The summed E-state index contributed by atoms with van der Waals surface area (Å²) in [5, 5.41) is 11.9. The summed E-state index contributed by atoms with van der Waals surface area (Å²) >= 11 is 0. The normalized spacial score (nSPS) is 15.5. The van der Waals surface area contributed by atoms with Crippen LogP contribution in [-0.2, 0) is 11.3 Å². The van der Waals surface area contributed by atoms with Crippen molar-refractivity contribution in [1.82, 2.24) is 14.9 Å². The number of anilines is 1. The number of aromatic nitrogens is 2. The monoisotopic (exact) mass is 438 g/mol. The average Bonchev–Trinajstić information content (AvgIpc) is 3.03. The van der Waals surface area contributed by atoms with E-state index >= 15 is 0 Å². The third kappa shape index (κ3) is 4.93. The van der Waals surface area contributed by atoms with Crippen molar-refractivity contribution in [1.29, 1.82) is 0 Å². The number of pyridine rings is 2. The number of fused-ring (bicyclic) bond motifs is 1. The van der Waals surface area contributed by atoms with Crippen LogP contribution in [0.2, 0.25) is 0 Å². The summed E-state index contributed by atoms with van der Waals surface area (Å²) in [5.41, 5.74) is 1.91. The maximum atomic E-state index is 12.9. The number of hydrogen-bond acceptors (Lipinski definition) is 6. The van der Waals surface area contributed by atoms with Gasteiger partial charge in [0.25, 0.3) is 11.8 Å². The van der Waals surface area contributed by atoms with E-state index in [1.165, 1.54) is 24.2 Å². The molecule has 1 aliphatic rings. The van der Waals surface area contributed by atoms with Crippen LogP contribution in [0.1, 0.15) is 46.9 Å². The molecule has 1 aliphatic heterocycles. The summed E-state index contributed by atoms with van der Waals surface area (Å²) in [7, 11) is 0. The number of hydrogen-bond donors (Lipinski definition) is 2. The summed E-state index contributed by atoms with van der Waals surface area (Å²) in [4.78, 5) is 34.3. The highest BCUT2D eigenvalue weighted by atomic mass is 19.4. The number of rotatable bonds is 6. The second-order valence-corrected chi connectivity index (χ2v) is 7.25. The van der Waals surface area contributed by atoms with Gasteiger partial charge in [-0.1, -0.05) is 0 Å². The molecule has 0 saturated heterocycles. The van der Waals surface area contributed by atoms with Gasteiger partial charge in [0.05, 0.1) is 12.6 Å². The van der Waals surface area contributed by atoms with Crippen LogP contribution < -0.4 is 10.1 Å². The molecule has 0 bridgehead atoms. The minimum absolute atomic E-state index is 0.128. The number of halogens is 3. The first kappa shape index (κ1) is 22.5. The van der Waals surface area contributed by atoms with Crippen molar-refractivity contribution in [2.45, 2.75) is 45.6 Å². The Labute approximate surface area is 176 Å². The first-order chi connectivity index (χ1) is 14.5. The fraction of sp³-hybridized carbons (Fsp3) is 0.400. The van der Waals surface area contributed by atoms with Gasteiger partial charge in [-0.3, -0.25) is 9.59 Å². The summed E-state index contributed by atoms with van der Waals surface area (Å²) in [6, 6.07) is 2.71. The quantitative estimate of drug-likeness (QED) is 0.719. The maximum absolute atomic E-state index is 12.9. The smallest absolute Gasteiger partial charge is 0.422 e. The van der Waals surface area contributed by atoms with Crippen LogP contribution in [0.25, 0.3) is 0 Å². The molecule has 2 atom stereocenters. The Kier molecular flexibility index (Phi) is 6.16. The zero-order chi connectivity index (χ0) is 22.9. The van der Waals surface area contributed by atoms with Gasteiger partial charge in [0.15, 0.2) is 6.61 Å². The van der Waals surface area contributed by atoms with Gasteiger partial charge in [-0.2, -0.15) is 13.2 Å². The molecule has 0 fully saturated rings. The maximum Gasteiger partial charge on any atom is 0.422 e. The van der Waals surface area contributed by atoms with Crippen molar-refractivity contribution in [2.75, 3.05) is 11.9 Å². The predicted molar refractivity (Wildman–Crippen MR) is 103 cm³/mol. The molecule has 2 N–H and O–H groups in total.